The number of hydrogen-bond acceptors (Lipinski definition) is 5. The van der Waals surface area contributed by atoms with Crippen LogP contribution < -0.4 is 4.90 Å². The first kappa shape index (κ1) is 25.7. The first-order valence-corrected chi connectivity index (χ1v) is 17.1. The molecule has 0 fully saturated rings. The molecule has 1 aliphatic carbocycles. The fraction of sp³-hybridized carbons (Fsp3) is 0.0769. The van der Waals surface area contributed by atoms with Gasteiger partial charge in [0.05, 0.1) is 27.6 Å². The number of benzene rings is 5. The van der Waals surface area contributed by atoms with Crippen molar-refractivity contribution in [2.75, 3.05) is 4.90 Å². The van der Waals surface area contributed by atoms with Crippen LogP contribution in [0, 0.1) is 0 Å². The number of fused-ring (bicyclic) bond motifs is 13. The van der Waals surface area contributed by atoms with Crippen molar-refractivity contribution in [2.24, 2.45) is 0 Å². The van der Waals surface area contributed by atoms with E-state index in [0.717, 1.165) is 32.5 Å². The lowest BCUT2D eigenvalue weighted by Gasteiger charge is -2.35. The van der Waals surface area contributed by atoms with E-state index < -0.39 is 0 Å². The first-order chi connectivity index (χ1) is 22.1. The molecule has 2 aliphatic rings. The van der Waals surface area contributed by atoms with Gasteiger partial charge in [-0.1, -0.05) is 97.1 Å². The molecule has 3 nitrogen and oxygen atoms in total. The molecule has 2 atom stereocenters. The summed E-state index contributed by atoms with van der Waals surface area (Å²) in [7, 11) is 0. The molecule has 3 aromatic heterocycles. The van der Waals surface area contributed by atoms with Gasteiger partial charge >= 0.3 is 0 Å². The second-order valence-electron chi connectivity index (χ2n) is 12.1. The number of halogens is 1. The number of allylic oxidation sites excluding steroid dienone is 2. The van der Waals surface area contributed by atoms with Gasteiger partial charge in [-0.05, 0) is 59.1 Å². The third kappa shape index (κ3) is 3.46. The van der Waals surface area contributed by atoms with Gasteiger partial charge < -0.3 is 4.90 Å². The van der Waals surface area contributed by atoms with Crippen LogP contribution in [-0.2, 0) is 5.41 Å². The van der Waals surface area contributed by atoms with Gasteiger partial charge in [0, 0.05) is 46.9 Å². The third-order valence-corrected chi connectivity index (χ3v) is 12.2. The summed E-state index contributed by atoms with van der Waals surface area (Å²) in [5, 5.41) is 6.68. The lowest BCUT2D eigenvalue weighted by Crippen LogP contribution is -2.39. The van der Waals surface area contributed by atoms with Crippen molar-refractivity contribution in [3.8, 4) is 11.3 Å². The van der Waals surface area contributed by atoms with E-state index in [9.17, 15) is 0 Å². The van der Waals surface area contributed by atoms with E-state index in [1.54, 1.807) is 11.3 Å². The van der Waals surface area contributed by atoms with Gasteiger partial charge in [0.25, 0.3) is 0 Å². The molecule has 214 valence electrons. The van der Waals surface area contributed by atoms with Crippen LogP contribution >= 0.6 is 34.3 Å². The maximum atomic E-state index is 6.59. The molecule has 4 heterocycles. The van der Waals surface area contributed by atoms with Crippen molar-refractivity contribution in [2.45, 2.75) is 18.4 Å². The third-order valence-electron chi connectivity index (χ3n) is 9.62. The van der Waals surface area contributed by atoms with Crippen molar-refractivity contribution in [1.29, 1.82) is 0 Å². The molecule has 8 aromatic rings. The van der Waals surface area contributed by atoms with E-state index in [1.165, 1.54) is 46.9 Å². The average molecular weight is 634 g/mol. The second-order valence-corrected chi connectivity index (χ2v) is 14.5. The molecule has 0 N–H and O–H groups in total. The summed E-state index contributed by atoms with van der Waals surface area (Å²) in [4.78, 5) is 12.1. The summed E-state index contributed by atoms with van der Waals surface area (Å²) >= 11 is 10.2. The maximum Gasteiger partial charge on any atom is 0.223 e. The highest BCUT2D eigenvalue weighted by molar-refractivity contribution is 7.27. The van der Waals surface area contributed by atoms with Gasteiger partial charge in [0.2, 0.25) is 5.28 Å². The maximum absolute atomic E-state index is 6.59. The molecule has 0 spiro atoms. The molecular formula is C39H24ClN3S2. The van der Waals surface area contributed by atoms with Crippen LogP contribution in [0.5, 0.6) is 0 Å². The monoisotopic (exact) mass is 633 g/mol. The number of hydrogen-bond donors (Lipinski definition) is 0. The molecule has 0 bridgehead atoms. The summed E-state index contributed by atoms with van der Waals surface area (Å²) in [5.74, 6) is 0. The standard InChI is InChI=1S/C39H24ClN3S2/c1-39-20-9-8-19-30(39)43(35-31-26-15-4-6-17-28(26)44-36(31)25-14-3-2-13-24(25)32(35)39)23-12-10-11-22(21-23)33-37-34(42-38(40)41-33)27-16-5-7-18-29(27)45-37/h2-21,30H,1H3. The largest absolute Gasteiger partial charge is 0.332 e. The summed E-state index contributed by atoms with van der Waals surface area (Å²) in [6.07, 6.45) is 9.18. The zero-order valence-electron chi connectivity index (χ0n) is 24.2. The van der Waals surface area contributed by atoms with E-state index in [1.807, 2.05) is 11.3 Å². The highest BCUT2D eigenvalue weighted by Crippen LogP contribution is 2.59. The minimum atomic E-state index is -0.214. The molecule has 2 unspecified atom stereocenters. The Balaban J connectivity index is 1.29. The molecule has 0 saturated carbocycles. The smallest absolute Gasteiger partial charge is 0.223 e. The zero-order valence-corrected chi connectivity index (χ0v) is 26.5. The molecule has 6 heteroatoms. The van der Waals surface area contributed by atoms with Crippen LogP contribution in [0.25, 0.3) is 62.5 Å². The van der Waals surface area contributed by atoms with Gasteiger partial charge in [0.15, 0.2) is 0 Å². The van der Waals surface area contributed by atoms with Crippen LogP contribution in [0.4, 0.5) is 11.4 Å². The lowest BCUT2D eigenvalue weighted by molar-refractivity contribution is 0.554. The Bertz CT molecular complexity index is 2610. The van der Waals surface area contributed by atoms with Crippen LogP contribution in [0.3, 0.4) is 0 Å². The van der Waals surface area contributed by atoms with Crippen LogP contribution in [-0.4, -0.2) is 16.0 Å². The Morgan fingerprint density at radius 3 is 2.29 bits per heavy atom. The highest BCUT2D eigenvalue weighted by Gasteiger charge is 2.49. The SMILES string of the molecule is CC12C=CC=CC1N(c1cccc(-c3nc(Cl)nc4c3sc3ccccc34)c1)c1c2c2ccccc2c2sc3ccccc3c12. The summed E-state index contributed by atoms with van der Waals surface area (Å²) < 4.78 is 4.90. The normalized spacial score (nSPS) is 19.0. The number of anilines is 2. The van der Waals surface area contributed by atoms with E-state index in [0.29, 0.717) is 0 Å². The lowest BCUT2D eigenvalue weighted by atomic mass is 9.74. The first-order valence-electron chi connectivity index (χ1n) is 15.1. The van der Waals surface area contributed by atoms with E-state index in [-0.39, 0.29) is 16.7 Å². The van der Waals surface area contributed by atoms with Crippen molar-refractivity contribution < 1.29 is 0 Å². The molecular weight excluding hydrogens is 610 g/mol. The number of thiophene rings is 2. The predicted molar refractivity (Wildman–Crippen MR) is 194 cm³/mol. The minimum absolute atomic E-state index is 0.110. The number of rotatable bonds is 2. The summed E-state index contributed by atoms with van der Waals surface area (Å²) in [6.45, 7) is 2.40. The molecule has 1 aliphatic heterocycles. The molecule has 0 amide bonds. The topological polar surface area (TPSA) is 29.0 Å². The van der Waals surface area contributed by atoms with E-state index in [2.05, 4.69) is 138 Å². The molecule has 0 saturated heterocycles. The van der Waals surface area contributed by atoms with E-state index in [4.69, 9.17) is 16.6 Å². The fourth-order valence-corrected chi connectivity index (χ4v) is 10.3. The van der Waals surface area contributed by atoms with Gasteiger partial charge in [-0.2, -0.15) is 0 Å². The second kappa shape index (κ2) is 9.24. The van der Waals surface area contributed by atoms with Gasteiger partial charge in [-0.3, -0.25) is 0 Å². The summed E-state index contributed by atoms with van der Waals surface area (Å²) in [5.41, 5.74) is 6.43. The Hall–Kier alpha value is -4.55. The van der Waals surface area contributed by atoms with Gasteiger partial charge in [-0.15, -0.1) is 22.7 Å². The van der Waals surface area contributed by atoms with Crippen molar-refractivity contribution >= 4 is 96.9 Å². The van der Waals surface area contributed by atoms with Crippen LogP contribution in [0.15, 0.2) is 121 Å². The van der Waals surface area contributed by atoms with Crippen LogP contribution in [0.1, 0.15) is 12.5 Å². The minimum Gasteiger partial charge on any atom is -0.332 e. The van der Waals surface area contributed by atoms with Crippen molar-refractivity contribution in [1.82, 2.24) is 9.97 Å². The Morgan fingerprint density at radius 2 is 1.44 bits per heavy atom. The molecule has 10 rings (SSSR count). The van der Waals surface area contributed by atoms with Crippen molar-refractivity contribution in [3.05, 3.63) is 132 Å². The van der Waals surface area contributed by atoms with Crippen LogP contribution in [0.2, 0.25) is 5.28 Å². The number of nitrogens with zero attached hydrogens (tertiary/aromatic N) is 3. The number of aromatic nitrogens is 2. The highest BCUT2D eigenvalue weighted by atomic mass is 35.5. The zero-order chi connectivity index (χ0) is 29.9. The molecule has 45 heavy (non-hydrogen) atoms. The molecule has 5 aromatic carbocycles. The Kier molecular flexibility index (Phi) is 5.29. The van der Waals surface area contributed by atoms with E-state index >= 15 is 0 Å². The average Bonchev–Trinajstić information content (AvgIpc) is 3.72. The fourth-order valence-electron chi connectivity index (χ4n) is 7.71. The van der Waals surface area contributed by atoms with Gasteiger partial charge in [0.1, 0.15) is 0 Å². The Morgan fingerprint density at radius 1 is 0.733 bits per heavy atom. The van der Waals surface area contributed by atoms with Gasteiger partial charge in [-0.25, -0.2) is 9.97 Å². The predicted octanol–water partition coefficient (Wildman–Crippen LogP) is 11.6. The Labute approximate surface area is 272 Å². The van der Waals surface area contributed by atoms with Crippen molar-refractivity contribution in [3.63, 3.8) is 0 Å². The summed E-state index contributed by atoms with van der Waals surface area (Å²) in [6, 6.07) is 35.1. The molecule has 0 radical (unpaired) electrons. The quantitative estimate of drug-likeness (QED) is 0.177.